The molecule has 0 aliphatic heterocycles. The molecule has 0 atom stereocenters. The van der Waals surface area contributed by atoms with E-state index >= 15 is 0 Å². The van der Waals surface area contributed by atoms with Crippen LogP contribution in [0.5, 0.6) is 17.2 Å². The van der Waals surface area contributed by atoms with Gasteiger partial charge in [0.25, 0.3) is 0 Å². The minimum absolute atomic E-state index is 0.378. The van der Waals surface area contributed by atoms with Gasteiger partial charge in [-0.1, -0.05) is 54.6 Å². The van der Waals surface area contributed by atoms with Crippen molar-refractivity contribution >= 4 is 21.8 Å². The second-order valence-electron chi connectivity index (χ2n) is 7.69. The van der Waals surface area contributed by atoms with Crippen LogP contribution in [0.1, 0.15) is 12.7 Å². The Hall–Kier alpha value is -3.99. The second-order valence-corrected chi connectivity index (χ2v) is 7.69. The number of rotatable bonds is 9. The highest BCUT2D eigenvalue weighted by Crippen LogP contribution is 2.27. The summed E-state index contributed by atoms with van der Waals surface area (Å²) in [6.07, 6.45) is 0. The van der Waals surface area contributed by atoms with Gasteiger partial charge in [0, 0.05) is 0 Å². The molecular weight excluding hydrogens is 412 g/mol. The standard InChI is InChI=1S/C28H26N2O3/c1-2-31-26-13-7-8-14-27(26)32-18-17-30-25-12-6-5-11-24(25)29-28(30)20-33-23-16-15-21-9-3-4-10-22(21)19-23/h3-16,19H,2,17-18,20H2,1H3. The van der Waals surface area contributed by atoms with Crippen LogP contribution in [0.25, 0.3) is 21.8 Å². The average molecular weight is 439 g/mol. The molecule has 5 nitrogen and oxygen atoms in total. The predicted molar refractivity (Wildman–Crippen MR) is 131 cm³/mol. The van der Waals surface area contributed by atoms with Gasteiger partial charge in [0.05, 0.1) is 24.2 Å². The van der Waals surface area contributed by atoms with Crippen molar-refractivity contribution in [1.29, 1.82) is 0 Å². The van der Waals surface area contributed by atoms with E-state index in [1.54, 1.807) is 0 Å². The maximum Gasteiger partial charge on any atom is 0.161 e. The van der Waals surface area contributed by atoms with Crippen molar-refractivity contribution in [2.75, 3.05) is 13.2 Å². The van der Waals surface area contributed by atoms with Crippen molar-refractivity contribution < 1.29 is 14.2 Å². The Kier molecular flexibility index (Phi) is 6.11. The maximum absolute atomic E-state index is 6.14. The third-order valence-electron chi connectivity index (χ3n) is 5.54. The number of hydrogen-bond acceptors (Lipinski definition) is 4. The van der Waals surface area contributed by atoms with E-state index in [1.807, 2.05) is 67.6 Å². The summed E-state index contributed by atoms with van der Waals surface area (Å²) in [5, 5.41) is 2.35. The first-order valence-corrected chi connectivity index (χ1v) is 11.2. The summed E-state index contributed by atoms with van der Waals surface area (Å²) in [6.45, 7) is 4.09. The largest absolute Gasteiger partial charge is 0.490 e. The number of aromatic nitrogens is 2. The summed E-state index contributed by atoms with van der Waals surface area (Å²) in [6, 6.07) is 30.3. The van der Waals surface area contributed by atoms with Crippen LogP contribution < -0.4 is 14.2 Å². The molecule has 0 aliphatic rings. The van der Waals surface area contributed by atoms with Crippen LogP contribution in [0.4, 0.5) is 0 Å². The van der Waals surface area contributed by atoms with E-state index in [9.17, 15) is 0 Å². The first-order chi connectivity index (χ1) is 16.3. The molecule has 0 aliphatic carbocycles. The number of imidazole rings is 1. The zero-order chi connectivity index (χ0) is 22.5. The summed E-state index contributed by atoms with van der Waals surface area (Å²) in [7, 11) is 0. The van der Waals surface area contributed by atoms with E-state index in [1.165, 1.54) is 5.39 Å². The zero-order valence-corrected chi connectivity index (χ0v) is 18.6. The Morgan fingerprint density at radius 2 is 1.45 bits per heavy atom. The van der Waals surface area contributed by atoms with Gasteiger partial charge in [-0.3, -0.25) is 0 Å². The molecule has 0 spiro atoms. The molecule has 0 saturated carbocycles. The normalized spacial score (nSPS) is 11.1. The van der Waals surface area contributed by atoms with Crippen LogP contribution in [0.3, 0.4) is 0 Å². The van der Waals surface area contributed by atoms with Crippen molar-refractivity contribution in [3.05, 3.63) is 96.8 Å². The predicted octanol–water partition coefficient (Wildman–Crippen LogP) is 6.25. The van der Waals surface area contributed by atoms with E-state index in [2.05, 4.69) is 34.9 Å². The molecule has 0 unspecified atom stereocenters. The van der Waals surface area contributed by atoms with E-state index < -0.39 is 0 Å². The van der Waals surface area contributed by atoms with E-state index in [0.29, 0.717) is 26.4 Å². The molecule has 0 saturated heterocycles. The van der Waals surface area contributed by atoms with Crippen molar-refractivity contribution in [2.24, 2.45) is 0 Å². The first kappa shape index (κ1) is 20.9. The van der Waals surface area contributed by atoms with Gasteiger partial charge >= 0.3 is 0 Å². The van der Waals surface area contributed by atoms with Gasteiger partial charge in [-0.15, -0.1) is 0 Å². The summed E-state index contributed by atoms with van der Waals surface area (Å²) in [4.78, 5) is 4.82. The summed E-state index contributed by atoms with van der Waals surface area (Å²) in [5.41, 5.74) is 2.01. The number of para-hydroxylation sites is 4. The molecule has 33 heavy (non-hydrogen) atoms. The summed E-state index contributed by atoms with van der Waals surface area (Å²) < 4.78 is 20.0. The molecule has 1 heterocycles. The lowest BCUT2D eigenvalue weighted by atomic mass is 10.1. The molecule has 0 radical (unpaired) electrons. The van der Waals surface area contributed by atoms with Crippen LogP contribution in [-0.2, 0) is 13.2 Å². The smallest absolute Gasteiger partial charge is 0.161 e. The Bertz CT molecular complexity index is 1380. The van der Waals surface area contributed by atoms with E-state index in [0.717, 1.165) is 39.5 Å². The minimum Gasteiger partial charge on any atom is -0.490 e. The van der Waals surface area contributed by atoms with Gasteiger partial charge in [0.1, 0.15) is 24.8 Å². The van der Waals surface area contributed by atoms with Gasteiger partial charge in [-0.05, 0) is 54.1 Å². The molecule has 5 rings (SSSR count). The van der Waals surface area contributed by atoms with E-state index in [4.69, 9.17) is 19.2 Å². The lowest BCUT2D eigenvalue weighted by molar-refractivity contribution is 0.257. The van der Waals surface area contributed by atoms with Crippen molar-refractivity contribution in [3.8, 4) is 17.2 Å². The SMILES string of the molecule is CCOc1ccccc1OCCn1c(COc2ccc3ccccc3c2)nc2ccccc21. The number of benzene rings is 4. The van der Waals surface area contributed by atoms with Gasteiger partial charge in [-0.25, -0.2) is 4.98 Å². The fourth-order valence-electron chi connectivity index (χ4n) is 3.98. The Morgan fingerprint density at radius 3 is 2.30 bits per heavy atom. The van der Waals surface area contributed by atoms with Gasteiger partial charge in [-0.2, -0.15) is 0 Å². The zero-order valence-electron chi connectivity index (χ0n) is 18.6. The van der Waals surface area contributed by atoms with Crippen molar-refractivity contribution in [1.82, 2.24) is 9.55 Å². The number of hydrogen-bond donors (Lipinski definition) is 0. The van der Waals surface area contributed by atoms with Crippen LogP contribution in [-0.4, -0.2) is 22.8 Å². The summed E-state index contributed by atoms with van der Waals surface area (Å²) in [5.74, 6) is 3.20. The van der Waals surface area contributed by atoms with Crippen LogP contribution in [0.15, 0.2) is 91.0 Å². The van der Waals surface area contributed by atoms with Gasteiger partial charge in [0.15, 0.2) is 11.5 Å². The molecule has 1 aromatic heterocycles. The third kappa shape index (κ3) is 4.62. The van der Waals surface area contributed by atoms with Crippen LogP contribution >= 0.6 is 0 Å². The molecule has 0 amide bonds. The Balaban J connectivity index is 1.33. The molecule has 5 heteroatoms. The minimum atomic E-state index is 0.378. The fraction of sp³-hybridized carbons (Fsp3) is 0.179. The lowest BCUT2D eigenvalue weighted by Crippen LogP contribution is -2.13. The highest BCUT2D eigenvalue weighted by atomic mass is 16.5. The maximum atomic E-state index is 6.14. The average Bonchev–Trinajstić information content (AvgIpc) is 3.21. The Morgan fingerprint density at radius 1 is 0.727 bits per heavy atom. The van der Waals surface area contributed by atoms with Crippen LogP contribution in [0, 0.1) is 0 Å². The fourth-order valence-corrected chi connectivity index (χ4v) is 3.98. The number of nitrogens with zero attached hydrogens (tertiary/aromatic N) is 2. The number of ether oxygens (including phenoxy) is 3. The van der Waals surface area contributed by atoms with Crippen LogP contribution in [0.2, 0.25) is 0 Å². The molecule has 4 aromatic carbocycles. The first-order valence-electron chi connectivity index (χ1n) is 11.2. The molecular formula is C28H26N2O3. The van der Waals surface area contributed by atoms with Crippen molar-refractivity contribution in [3.63, 3.8) is 0 Å². The number of fused-ring (bicyclic) bond motifs is 2. The van der Waals surface area contributed by atoms with E-state index in [-0.39, 0.29) is 0 Å². The molecule has 0 bridgehead atoms. The molecule has 0 fully saturated rings. The highest BCUT2D eigenvalue weighted by Gasteiger charge is 2.12. The second kappa shape index (κ2) is 9.65. The molecule has 5 aromatic rings. The monoisotopic (exact) mass is 438 g/mol. The van der Waals surface area contributed by atoms with Gasteiger partial charge in [0.2, 0.25) is 0 Å². The molecule has 166 valence electrons. The van der Waals surface area contributed by atoms with Crippen molar-refractivity contribution in [2.45, 2.75) is 20.1 Å². The quantitative estimate of drug-likeness (QED) is 0.273. The lowest BCUT2D eigenvalue weighted by Gasteiger charge is -2.14. The third-order valence-corrected chi connectivity index (χ3v) is 5.54. The Labute approximate surface area is 193 Å². The summed E-state index contributed by atoms with van der Waals surface area (Å²) >= 11 is 0. The van der Waals surface area contributed by atoms with Gasteiger partial charge < -0.3 is 18.8 Å². The molecule has 0 N–H and O–H groups in total. The topological polar surface area (TPSA) is 45.5 Å². The highest BCUT2D eigenvalue weighted by molar-refractivity contribution is 5.83.